The van der Waals surface area contributed by atoms with Gasteiger partial charge in [0.05, 0.1) is 12.0 Å². The summed E-state index contributed by atoms with van der Waals surface area (Å²) in [6, 6.07) is 4.16. The molecule has 1 aliphatic heterocycles. The first-order chi connectivity index (χ1) is 9.49. The highest BCUT2D eigenvalue weighted by atomic mass is 16.6. The lowest BCUT2D eigenvalue weighted by atomic mass is 9.85. The Morgan fingerprint density at radius 3 is 2.60 bits per heavy atom. The highest BCUT2D eigenvalue weighted by Crippen LogP contribution is 2.32. The van der Waals surface area contributed by atoms with Gasteiger partial charge in [-0.1, -0.05) is 12.1 Å². The zero-order valence-electron chi connectivity index (χ0n) is 10.2. The molecule has 1 aliphatic carbocycles. The van der Waals surface area contributed by atoms with Crippen LogP contribution in [0.15, 0.2) is 29.8 Å². The molecule has 2 aliphatic rings. The molecule has 102 valence electrons. The van der Waals surface area contributed by atoms with Crippen molar-refractivity contribution in [3.63, 3.8) is 0 Å². The van der Waals surface area contributed by atoms with Gasteiger partial charge in [-0.25, -0.2) is 0 Å². The van der Waals surface area contributed by atoms with Crippen LogP contribution in [-0.4, -0.2) is 40.0 Å². The summed E-state index contributed by atoms with van der Waals surface area (Å²) in [5.74, 6) is -1.98. The molecule has 1 aromatic carbocycles. The number of esters is 1. The van der Waals surface area contributed by atoms with Gasteiger partial charge in [0.2, 0.25) is 0 Å². The lowest BCUT2D eigenvalue weighted by Crippen LogP contribution is -2.31. The summed E-state index contributed by atoms with van der Waals surface area (Å²) in [6.45, 7) is 0. The number of allylic oxidation sites excluding steroid dienone is 1. The number of carbonyl (C=O) groups excluding carboxylic acids is 3. The zero-order chi connectivity index (χ0) is 14.4. The van der Waals surface area contributed by atoms with Crippen LogP contribution in [-0.2, 0) is 9.53 Å². The highest BCUT2D eigenvalue weighted by molar-refractivity contribution is 6.26. The van der Waals surface area contributed by atoms with E-state index in [1.807, 2.05) is 0 Å². The van der Waals surface area contributed by atoms with Gasteiger partial charge in [0, 0.05) is 11.1 Å². The van der Waals surface area contributed by atoms with Gasteiger partial charge in [0.15, 0.2) is 17.7 Å². The van der Waals surface area contributed by atoms with Crippen molar-refractivity contribution < 1.29 is 29.3 Å². The number of carbonyl (C=O) groups is 3. The Balaban J connectivity index is 2.07. The summed E-state index contributed by atoms with van der Waals surface area (Å²) >= 11 is 0. The van der Waals surface area contributed by atoms with Gasteiger partial charge in [-0.2, -0.15) is 0 Å². The van der Waals surface area contributed by atoms with Gasteiger partial charge in [-0.3, -0.25) is 14.4 Å². The van der Waals surface area contributed by atoms with E-state index in [1.54, 1.807) is 0 Å². The van der Waals surface area contributed by atoms with E-state index in [1.165, 1.54) is 18.2 Å². The van der Waals surface area contributed by atoms with Crippen LogP contribution in [0.4, 0.5) is 0 Å². The average Bonchev–Trinajstić information content (AvgIpc) is 2.72. The van der Waals surface area contributed by atoms with E-state index in [0.717, 1.165) is 6.08 Å². The van der Waals surface area contributed by atoms with Crippen molar-refractivity contribution in [3.8, 4) is 5.75 Å². The van der Waals surface area contributed by atoms with E-state index in [9.17, 15) is 24.6 Å². The summed E-state index contributed by atoms with van der Waals surface area (Å²) < 4.78 is 4.88. The molecule has 6 nitrogen and oxygen atoms in total. The molecule has 0 bridgehead atoms. The minimum atomic E-state index is -1.15. The molecule has 1 saturated heterocycles. The predicted molar refractivity (Wildman–Crippen MR) is 65.4 cm³/mol. The Kier molecular flexibility index (Phi) is 2.69. The topological polar surface area (TPSA) is 101 Å². The summed E-state index contributed by atoms with van der Waals surface area (Å²) in [5.41, 5.74) is -0.0887. The number of ketones is 2. The smallest absolute Gasteiger partial charge is 0.309 e. The van der Waals surface area contributed by atoms with Crippen molar-refractivity contribution in [2.75, 3.05) is 0 Å². The maximum atomic E-state index is 12.3. The molecule has 1 heterocycles. The molecule has 2 N–H and O–H groups in total. The van der Waals surface area contributed by atoms with Crippen LogP contribution >= 0.6 is 0 Å². The number of rotatable bonds is 1. The number of phenols is 1. The monoisotopic (exact) mass is 274 g/mol. The minimum Gasteiger partial charge on any atom is -0.507 e. The zero-order valence-corrected chi connectivity index (χ0v) is 10.2. The predicted octanol–water partition coefficient (Wildman–Crippen LogP) is 0.374. The lowest BCUT2D eigenvalue weighted by Gasteiger charge is -2.21. The Hall–Kier alpha value is -2.47. The molecule has 6 heteroatoms. The summed E-state index contributed by atoms with van der Waals surface area (Å²) in [4.78, 5) is 35.5. The van der Waals surface area contributed by atoms with Gasteiger partial charge >= 0.3 is 5.97 Å². The molecule has 0 spiro atoms. The van der Waals surface area contributed by atoms with E-state index >= 15 is 0 Å². The summed E-state index contributed by atoms with van der Waals surface area (Å²) in [6.07, 6.45) is -1.48. The van der Waals surface area contributed by atoms with Crippen molar-refractivity contribution in [2.45, 2.75) is 18.6 Å². The van der Waals surface area contributed by atoms with Gasteiger partial charge in [0.1, 0.15) is 11.9 Å². The van der Waals surface area contributed by atoms with E-state index in [0.29, 0.717) is 0 Å². The number of fused-ring (bicyclic) bond motifs is 1. The number of aliphatic hydroxyl groups excluding tert-OH is 1. The van der Waals surface area contributed by atoms with Crippen molar-refractivity contribution in [1.29, 1.82) is 0 Å². The first-order valence-electron chi connectivity index (χ1n) is 5.99. The molecule has 1 fully saturated rings. The van der Waals surface area contributed by atoms with Crippen LogP contribution in [0.2, 0.25) is 0 Å². The second-order valence-electron chi connectivity index (χ2n) is 4.67. The number of hydrogen-bond donors (Lipinski definition) is 2. The van der Waals surface area contributed by atoms with Crippen LogP contribution in [0.3, 0.4) is 0 Å². The first-order valence-corrected chi connectivity index (χ1v) is 5.99. The van der Waals surface area contributed by atoms with E-state index in [4.69, 9.17) is 4.74 Å². The number of cyclic esters (lactones) is 1. The molecule has 2 unspecified atom stereocenters. The standard InChI is InChI=1S/C14H10O6/c15-8-3-1-2-6-12(8)9(16)4-7(13(6)19)14-10(17)5-11(18)20-14/h1-4,10,14-15,17H,5H2. The van der Waals surface area contributed by atoms with Crippen molar-refractivity contribution in [2.24, 2.45) is 0 Å². The maximum absolute atomic E-state index is 12.3. The number of hydrogen-bond acceptors (Lipinski definition) is 6. The Bertz CT molecular complexity index is 672. The van der Waals surface area contributed by atoms with Crippen molar-refractivity contribution in [3.05, 3.63) is 41.0 Å². The second kappa shape index (κ2) is 4.28. The second-order valence-corrected chi connectivity index (χ2v) is 4.67. The number of benzene rings is 1. The maximum Gasteiger partial charge on any atom is 0.309 e. The fourth-order valence-electron chi connectivity index (χ4n) is 2.45. The fourth-order valence-corrected chi connectivity index (χ4v) is 2.45. The SMILES string of the molecule is O=C1CC(O)C(C2=CC(=O)c3c(O)cccc3C2=O)O1. The molecule has 3 rings (SSSR count). The van der Waals surface area contributed by atoms with Crippen LogP contribution in [0, 0.1) is 0 Å². The largest absolute Gasteiger partial charge is 0.507 e. The first kappa shape index (κ1) is 12.6. The summed E-state index contributed by atoms with van der Waals surface area (Å²) in [7, 11) is 0. The number of Topliss-reactive ketones (excluding diaryl/α,β-unsaturated/α-hetero) is 1. The molecule has 0 aromatic heterocycles. The number of aliphatic hydroxyl groups is 1. The van der Waals surface area contributed by atoms with Gasteiger partial charge < -0.3 is 14.9 Å². The molecule has 20 heavy (non-hydrogen) atoms. The Morgan fingerprint density at radius 2 is 1.95 bits per heavy atom. The normalized spacial score (nSPS) is 25.2. The number of ether oxygens (including phenoxy) is 1. The van der Waals surface area contributed by atoms with E-state index in [-0.39, 0.29) is 28.9 Å². The molecule has 0 amide bonds. The molecule has 2 atom stereocenters. The van der Waals surface area contributed by atoms with E-state index < -0.39 is 29.7 Å². The van der Waals surface area contributed by atoms with Gasteiger partial charge in [0.25, 0.3) is 0 Å². The molecule has 0 radical (unpaired) electrons. The lowest BCUT2D eigenvalue weighted by molar-refractivity contribution is -0.140. The molecule has 0 saturated carbocycles. The number of phenolic OH excluding ortho intramolecular Hbond substituents is 1. The van der Waals surface area contributed by atoms with Gasteiger partial charge in [-0.05, 0) is 12.1 Å². The fraction of sp³-hybridized carbons (Fsp3) is 0.214. The minimum absolute atomic E-state index is 0.0441. The van der Waals surface area contributed by atoms with Crippen LogP contribution < -0.4 is 0 Å². The Labute approximate surface area is 113 Å². The van der Waals surface area contributed by atoms with Crippen molar-refractivity contribution >= 4 is 17.5 Å². The molecular formula is C14H10O6. The third kappa shape index (κ3) is 1.73. The average molecular weight is 274 g/mol. The van der Waals surface area contributed by atoms with E-state index in [2.05, 4.69) is 0 Å². The molecule has 1 aromatic rings. The third-order valence-corrected chi connectivity index (χ3v) is 3.37. The quantitative estimate of drug-likeness (QED) is 0.718. The Morgan fingerprint density at radius 1 is 1.20 bits per heavy atom. The van der Waals surface area contributed by atoms with Crippen molar-refractivity contribution in [1.82, 2.24) is 0 Å². The van der Waals surface area contributed by atoms with Gasteiger partial charge in [-0.15, -0.1) is 0 Å². The van der Waals surface area contributed by atoms with Crippen LogP contribution in [0.25, 0.3) is 0 Å². The summed E-state index contributed by atoms with van der Waals surface area (Å²) in [5, 5.41) is 19.4. The molecular weight excluding hydrogens is 264 g/mol. The third-order valence-electron chi connectivity index (χ3n) is 3.37. The number of aromatic hydroxyl groups is 1. The van der Waals surface area contributed by atoms with Crippen LogP contribution in [0.5, 0.6) is 5.75 Å². The van der Waals surface area contributed by atoms with Crippen LogP contribution in [0.1, 0.15) is 27.1 Å². The highest BCUT2D eigenvalue weighted by Gasteiger charge is 2.41.